The van der Waals surface area contributed by atoms with E-state index < -0.39 is 45.2 Å². The van der Waals surface area contributed by atoms with E-state index in [0.717, 1.165) is 69.3 Å². The molecule has 0 fully saturated rings. The molecular formula is C32H28FNO9S3. The van der Waals surface area contributed by atoms with Crippen LogP contribution in [-0.2, 0) is 38.1 Å². The Labute approximate surface area is 276 Å². The summed E-state index contributed by atoms with van der Waals surface area (Å²) in [5.41, 5.74) is 0.380. The molecule has 46 heavy (non-hydrogen) atoms. The van der Waals surface area contributed by atoms with Crippen LogP contribution in [0.3, 0.4) is 0 Å². The Morgan fingerprint density at radius 2 is 1.30 bits per heavy atom. The predicted molar refractivity (Wildman–Crippen MR) is 173 cm³/mol. The van der Waals surface area contributed by atoms with Gasteiger partial charge in [-0.3, -0.25) is 9.69 Å². The summed E-state index contributed by atoms with van der Waals surface area (Å²) >= 11 is 2.57. The largest absolute Gasteiger partial charge is 0.466 e. The van der Waals surface area contributed by atoms with Crippen molar-refractivity contribution in [2.24, 2.45) is 0 Å². The number of carbonyl (C=O) groups excluding carboxylic acids is 5. The van der Waals surface area contributed by atoms with Crippen LogP contribution in [0.15, 0.2) is 67.7 Å². The summed E-state index contributed by atoms with van der Waals surface area (Å²) in [4.78, 5) is 69.2. The number of fused-ring (bicyclic) bond motifs is 3. The minimum absolute atomic E-state index is 0.152. The molecule has 0 saturated heterocycles. The zero-order valence-electron chi connectivity index (χ0n) is 25.8. The van der Waals surface area contributed by atoms with Crippen molar-refractivity contribution in [1.29, 1.82) is 0 Å². The molecule has 3 aliphatic rings. The molecule has 3 aliphatic heterocycles. The molecule has 240 valence electrons. The van der Waals surface area contributed by atoms with Crippen LogP contribution >= 0.6 is 35.3 Å². The van der Waals surface area contributed by atoms with Crippen LogP contribution in [0.2, 0.25) is 0 Å². The first-order valence-corrected chi connectivity index (χ1v) is 16.1. The quantitative estimate of drug-likeness (QED) is 0.297. The molecular weight excluding hydrogens is 658 g/mol. The zero-order valence-corrected chi connectivity index (χ0v) is 28.2. The van der Waals surface area contributed by atoms with E-state index >= 15 is 4.39 Å². The van der Waals surface area contributed by atoms with Crippen LogP contribution in [0.4, 0.5) is 10.1 Å². The van der Waals surface area contributed by atoms with Gasteiger partial charge < -0.3 is 18.9 Å². The van der Waals surface area contributed by atoms with Crippen LogP contribution < -0.4 is 4.90 Å². The maximum Gasteiger partial charge on any atom is 0.345 e. The topological polar surface area (TPSA) is 126 Å². The van der Waals surface area contributed by atoms with Crippen LogP contribution in [0.5, 0.6) is 0 Å². The monoisotopic (exact) mass is 685 g/mol. The fraction of sp³-hybridized carbons (Fsp3) is 0.281. The standard InChI is InChI=1S/C32H28FNO9S3/c1-15-12-13-19-17(14-15)20-25(31(2,3)34(19)26(35)16-10-8-9-11-18(16)33)44-22(28(37)41-5)21(27(36)40-4)32(20)45-23(29(38)42-6)24(46-32)30(39)43-7/h8-14H,1-7H3. The van der Waals surface area contributed by atoms with E-state index in [0.29, 0.717) is 21.7 Å². The Hall–Kier alpha value is -4.01. The Morgan fingerprint density at radius 1 is 0.761 bits per heavy atom. The van der Waals surface area contributed by atoms with E-state index in [2.05, 4.69) is 0 Å². The first-order chi connectivity index (χ1) is 21.8. The van der Waals surface area contributed by atoms with Crippen LogP contribution in [-0.4, -0.2) is 67.8 Å². The fourth-order valence-corrected chi connectivity index (χ4v) is 10.6. The number of ether oxygens (including phenoxy) is 4. The molecule has 0 radical (unpaired) electrons. The minimum Gasteiger partial charge on any atom is -0.466 e. The molecule has 5 rings (SSSR count). The van der Waals surface area contributed by atoms with E-state index in [1.807, 2.05) is 6.92 Å². The van der Waals surface area contributed by atoms with Gasteiger partial charge in [-0.05, 0) is 45.0 Å². The molecule has 14 heteroatoms. The number of nitrogens with zero attached hydrogens (tertiary/aromatic N) is 1. The maximum absolute atomic E-state index is 15.1. The molecule has 0 unspecified atom stereocenters. The first kappa shape index (κ1) is 33.4. The van der Waals surface area contributed by atoms with E-state index in [9.17, 15) is 24.0 Å². The van der Waals surface area contributed by atoms with Gasteiger partial charge in [0.25, 0.3) is 5.91 Å². The van der Waals surface area contributed by atoms with Gasteiger partial charge in [-0.25, -0.2) is 23.6 Å². The SMILES string of the molecule is COC(=O)C1=C(C(=O)OC)SC2(S1)C(C(=O)OC)=C(C(=O)OC)SC1=C2c2cc(C)ccc2N(C(=O)c2ccccc2F)C1(C)C. The third kappa shape index (κ3) is 5.03. The van der Waals surface area contributed by atoms with Gasteiger partial charge in [-0.2, -0.15) is 0 Å². The molecule has 1 amide bonds. The molecule has 0 aliphatic carbocycles. The number of rotatable bonds is 5. The molecule has 2 aromatic rings. The van der Waals surface area contributed by atoms with Crippen LogP contribution in [0, 0.1) is 12.7 Å². The number of anilines is 1. The third-order valence-electron chi connectivity index (χ3n) is 7.60. The Kier molecular flexibility index (Phi) is 8.92. The Bertz CT molecular complexity index is 1800. The molecule has 0 bridgehead atoms. The molecule has 0 aromatic heterocycles. The lowest BCUT2D eigenvalue weighted by Crippen LogP contribution is -2.54. The lowest BCUT2D eigenvalue weighted by atomic mass is 9.82. The molecule has 0 atom stereocenters. The molecule has 0 saturated carbocycles. The van der Waals surface area contributed by atoms with Crippen LogP contribution in [0.25, 0.3) is 5.57 Å². The summed E-state index contributed by atoms with van der Waals surface area (Å²) < 4.78 is 33.7. The van der Waals surface area contributed by atoms with E-state index in [4.69, 9.17) is 18.9 Å². The van der Waals surface area contributed by atoms with Crippen molar-refractivity contribution in [1.82, 2.24) is 0 Å². The van der Waals surface area contributed by atoms with Gasteiger partial charge in [0.2, 0.25) is 0 Å². The molecule has 3 heterocycles. The fourth-order valence-electron chi connectivity index (χ4n) is 5.55. The van der Waals surface area contributed by atoms with Crippen molar-refractivity contribution in [3.8, 4) is 0 Å². The molecule has 2 aromatic carbocycles. The van der Waals surface area contributed by atoms with Gasteiger partial charge in [0.15, 0.2) is 0 Å². The number of benzene rings is 2. The summed E-state index contributed by atoms with van der Waals surface area (Å²) in [5, 5.41) is 0. The summed E-state index contributed by atoms with van der Waals surface area (Å²) in [6.07, 6.45) is 0. The highest BCUT2D eigenvalue weighted by Crippen LogP contribution is 2.71. The van der Waals surface area contributed by atoms with Gasteiger partial charge >= 0.3 is 23.9 Å². The number of thioether (sulfide) groups is 3. The lowest BCUT2D eigenvalue weighted by Gasteiger charge is -2.50. The van der Waals surface area contributed by atoms with Crippen molar-refractivity contribution in [2.75, 3.05) is 33.3 Å². The summed E-state index contributed by atoms with van der Waals surface area (Å²) in [7, 11) is 4.58. The highest BCUT2D eigenvalue weighted by Gasteiger charge is 2.62. The number of carbonyl (C=O) groups is 5. The number of hydrogen-bond donors (Lipinski definition) is 0. The average Bonchev–Trinajstić information content (AvgIpc) is 3.43. The minimum atomic E-state index is -1.71. The number of aryl methyl sites for hydroxylation is 1. The molecule has 1 spiro atoms. The number of esters is 4. The smallest absolute Gasteiger partial charge is 0.345 e. The van der Waals surface area contributed by atoms with E-state index in [1.54, 1.807) is 38.1 Å². The predicted octanol–water partition coefficient (Wildman–Crippen LogP) is 5.37. The lowest BCUT2D eigenvalue weighted by molar-refractivity contribution is -0.138. The zero-order chi connectivity index (χ0) is 33.7. The van der Waals surface area contributed by atoms with E-state index in [-0.39, 0.29) is 25.9 Å². The number of halogens is 1. The van der Waals surface area contributed by atoms with Crippen molar-refractivity contribution in [2.45, 2.75) is 30.4 Å². The van der Waals surface area contributed by atoms with Crippen molar-refractivity contribution in [3.63, 3.8) is 0 Å². The van der Waals surface area contributed by atoms with Gasteiger partial charge in [-0.15, -0.1) is 0 Å². The van der Waals surface area contributed by atoms with Crippen molar-refractivity contribution in [3.05, 3.63) is 90.2 Å². The first-order valence-electron chi connectivity index (χ1n) is 13.6. The van der Waals surface area contributed by atoms with Gasteiger partial charge in [0, 0.05) is 16.0 Å². The molecule has 10 nitrogen and oxygen atoms in total. The second kappa shape index (κ2) is 12.3. The van der Waals surface area contributed by atoms with Crippen molar-refractivity contribution < 1.29 is 47.3 Å². The third-order valence-corrected chi connectivity index (χ3v) is 12.3. The normalized spacial score (nSPS) is 17.8. The van der Waals surface area contributed by atoms with Gasteiger partial charge in [0.05, 0.1) is 50.8 Å². The van der Waals surface area contributed by atoms with Gasteiger partial charge in [-0.1, -0.05) is 59.0 Å². The summed E-state index contributed by atoms with van der Waals surface area (Å²) in [5.74, 6) is -4.89. The highest BCUT2D eigenvalue weighted by atomic mass is 32.2. The highest BCUT2D eigenvalue weighted by molar-refractivity contribution is 8.26. The van der Waals surface area contributed by atoms with Crippen molar-refractivity contribution >= 4 is 76.3 Å². The van der Waals surface area contributed by atoms with Crippen LogP contribution in [0.1, 0.15) is 35.3 Å². The number of amides is 1. The molecule has 0 N–H and O–H groups in total. The second-order valence-electron chi connectivity index (χ2n) is 10.7. The maximum atomic E-state index is 15.1. The Morgan fingerprint density at radius 3 is 1.85 bits per heavy atom. The number of hydrogen-bond acceptors (Lipinski definition) is 12. The Balaban J connectivity index is 1.90. The summed E-state index contributed by atoms with van der Waals surface area (Å²) in [6.45, 7) is 5.28. The van der Waals surface area contributed by atoms with E-state index in [1.165, 1.54) is 23.1 Å². The summed E-state index contributed by atoms with van der Waals surface area (Å²) in [6, 6.07) is 10.9. The number of methoxy groups -OCH3 is 4. The second-order valence-corrected chi connectivity index (χ2v) is 14.4. The average molecular weight is 686 g/mol. The van der Waals surface area contributed by atoms with Gasteiger partial charge in [0.1, 0.15) is 24.6 Å².